The third kappa shape index (κ3) is 2.16. The van der Waals surface area contributed by atoms with E-state index < -0.39 is 24.1 Å². The van der Waals surface area contributed by atoms with Gasteiger partial charge in [0.05, 0.1) is 18.7 Å². The predicted molar refractivity (Wildman–Crippen MR) is 56.2 cm³/mol. The lowest BCUT2D eigenvalue weighted by atomic mass is 10.0. The largest absolute Gasteiger partial charge is 0.508 e. The zero-order chi connectivity index (χ0) is 12.6. The van der Waals surface area contributed by atoms with Gasteiger partial charge < -0.3 is 15.3 Å². The second-order valence-electron chi connectivity index (χ2n) is 4.04. The van der Waals surface area contributed by atoms with Gasteiger partial charge in [-0.05, 0) is 24.6 Å². The lowest BCUT2D eigenvalue weighted by Crippen LogP contribution is -2.30. The van der Waals surface area contributed by atoms with Crippen LogP contribution in [0.1, 0.15) is 18.0 Å². The monoisotopic (exact) mass is 241 g/mol. The maximum Gasteiger partial charge on any atom is 0.407 e. The first-order valence-corrected chi connectivity index (χ1v) is 5.15. The Bertz CT molecular complexity index is 451. The Balaban J connectivity index is 2.37. The Hall–Kier alpha value is -1.82. The fourth-order valence-electron chi connectivity index (χ4n) is 2.11. The molecule has 0 unspecified atom stereocenters. The molecule has 92 valence electrons. The summed E-state index contributed by atoms with van der Waals surface area (Å²) >= 11 is 0. The Morgan fingerprint density at radius 3 is 2.82 bits per heavy atom. The number of hydrogen-bond donors (Lipinski definition) is 3. The summed E-state index contributed by atoms with van der Waals surface area (Å²) < 4.78 is 13.1. The number of nitrogens with zero attached hydrogens (tertiary/aromatic N) is 1. The zero-order valence-electron chi connectivity index (χ0n) is 8.88. The molecule has 0 radical (unpaired) electrons. The Morgan fingerprint density at radius 1 is 1.47 bits per heavy atom. The number of likely N-dealkylation sites (tertiary alicyclic amines) is 1. The van der Waals surface area contributed by atoms with Crippen LogP contribution in [0.2, 0.25) is 0 Å². The molecule has 5 nitrogen and oxygen atoms in total. The van der Waals surface area contributed by atoms with Gasteiger partial charge in [-0.2, -0.15) is 0 Å². The molecular formula is C11H12FNO4. The SMILES string of the molecule is O=C(O)N1C[C@H](O)C[C@@H]1c1cc(F)ccc1O. The molecule has 2 rings (SSSR count). The standard InChI is InChI=1S/C11H12FNO4/c12-6-1-2-10(15)8(3-6)9-4-7(14)5-13(9)11(16)17/h1-3,7,9,14-15H,4-5H2,(H,16,17)/t7-,9-/m1/s1. The maximum atomic E-state index is 13.1. The lowest BCUT2D eigenvalue weighted by molar-refractivity contribution is 0.131. The van der Waals surface area contributed by atoms with Crippen molar-refractivity contribution in [3.05, 3.63) is 29.6 Å². The number of rotatable bonds is 1. The summed E-state index contributed by atoms with van der Waals surface area (Å²) in [7, 11) is 0. The normalized spacial score (nSPS) is 24.0. The number of aliphatic hydroxyl groups is 1. The third-order valence-electron chi connectivity index (χ3n) is 2.87. The number of halogens is 1. The van der Waals surface area contributed by atoms with E-state index in [1.807, 2.05) is 0 Å². The van der Waals surface area contributed by atoms with Crippen molar-refractivity contribution in [2.45, 2.75) is 18.6 Å². The first-order valence-electron chi connectivity index (χ1n) is 5.15. The number of aliphatic hydroxyl groups excluding tert-OH is 1. The van der Waals surface area contributed by atoms with E-state index in [1.54, 1.807) is 0 Å². The molecule has 1 aliphatic rings. The van der Waals surface area contributed by atoms with Crippen LogP contribution in [0.15, 0.2) is 18.2 Å². The van der Waals surface area contributed by atoms with Gasteiger partial charge in [0.25, 0.3) is 0 Å². The van der Waals surface area contributed by atoms with Gasteiger partial charge in [-0.1, -0.05) is 0 Å². The molecule has 1 aromatic rings. The summed E-state index contributed by atoms with van der Waals surface area (Å²) in [6, 6.07) is 2.65. The number of hydrogen-bond acceptors (Lipinski definition) is 3. The van der Waals surface area contributed by atoms with Crippen molar-refractivity contribution < 1.29 is 24.5 Å². The molecule has 0 saturated carbocycles. The number of amides is 1. The van der Waals surface area contributed by atoms with Gasteiger partial charge in [-0.25, -0.2) is 9.18 Å². The van der Waals surface area contributed by atoms with Crippen LogP contribution in [0.3, 0.4) is 0 Å². The topological polar surface area (TPSA) is 81.0 Å². The van der Waals surface area contributed by atoms with Crippen molar-refractivity contribution in [2.24, 2.45) is 0 Å². The molecule has 2 atom stereocenters. The van der Waals surface area contributed by atoms with Crippen LogP contribution in [0.5, 0.6) is 5.75 Å². The van der Waals surface area contributed by atoms with Gasteiger partial charge >= 0.3 is 6.09 Å². The first-order chi connectivity index (χ1) is 7.99. The van der Waals surface area contributed by atoms with Gasteiger partial charge in [0, 0.05) is 5.56 Å². The average Bonchev–Trinajstić information content (AvgIpc) is 2.64. The van der Waals surface area contributed by atoms with Crippen LogP contribution < -0.4 is 0 Å². The summed E-state index contributed by atoms with van der Waals surface area (Å²) in [5.41, 5.74) is 0.184. The minimum absolute atomic E-state index is 0.0318. The summed E-state index contributed by atoms with van der Waals surface area (Å²) in [6.07, 6.45) is -1.84. The van der Waals surface area contributed by atoms with Crippen LogP contribution in [-0.2, 0) is 0 Å². The van der Waals surface area contributed by atoms with Crippen molar-refractivity contribution in [1.82, 2.24) is 4.90 Å². The molecular weight excluding hydrogens is 229 g/mol. The van der Waals surface area contributed by atoms with Crippen molar-refractivity contribution in [3.8, 4) is 5.75 Å². The number of phenols is 1. The number of benzene rings is 1. The number of β-amino-alcohol motifs (C(OH)–C–C–N with tert-alkyl or cyclic N) is 1. The van der Waals surface area contributed by atoms with Gasteiger partial charge in [-0.3, -0.25) is 4.90 Å². The summed E-state index contributed by atoms with van der Waals surface area (Å²) in [5.74, 6) is -0.721. The predicted octanol–water partition coefficient (Wildman–Crippen LogP) is 1.32. The second kappa shape index (κ2) is 4.21. The van der Waals surface area contributed by atoms with Crippen LogP contribution in [0.25, 0.3) is 0 Å². The zero-order valence-corrected chi connectivity index (χ0v) is 8.88. The lowest BCUT2D eigenvalue weighted by Gasteiger charge is -2.22. The average molecular weight is 241 g/mol. The van der Waals surface area contributed by atoms with E-state index >= 15 is 0 Å². The number of carboxylic acid groups (broad SMARTS) is 1. The molecule has 0 spiro atoms. The molecule has 1 aliphatic heterocycles. The van der Waals surface area contributed by atoms with Crippen LogP contribution in [0, 0.1) is 5.82 Å². The molecule has 17 heavy (non-hydrogen) atoms. The van der Waals surface area contributed by atoms with Gasteiger partial charge in [0.1, 0.15) is 11.6 Å². The second-order valence-corrected chi connectivity index (χ2v) is 4.04. The van der Waals surface area contributed by atoms with E-state index in [-0.39, 0.29) is 24.3 Å². The number of aromatic hydroxyl groups is 1. The van der Waals surface area contributed by atoms with Crippen LogP contribution in [-0.4, -0.2) is 39.0 Å². The molecule has 1 fully saturated rings. The third-order valence-corrected chi connectivity index (χ3v) is 2.87. The molecule has 1 heterocycles. The Labute approximate surface area is 96.7 Å². The van der Waals surface area contributed by atoms with E-state index in [0.29, 0.717) is 0 Å². The van der Waals surface area contributed by atoms with Crippen LogP contribution in [0.4, 0.5) is 9.18 Å². The fraction of sp³-hybridized carbons (Fsp3) is 0.364. The highest BCUT2D eigenvalue weighted by Crippen LogP contribution is 2.36. The van der Waals surface area contributed by atoms with Crippen molar-refractivity contribution in [2.75, 3.05) is 6.54 Å². The van der Waals surface area contributed by atoms with E-state index in [0.717, 1.165) is 17.0 Å². The van der Waals surface area contributed by atoms with E-state index in [2.05, 4.69) is 0 Å². The minimum atomic E-state index is -1.20. The van der Waals surface area contributed by atoms with Gasteiger partial charge in [-0.15, -0.1) is 0 Å². The molecule has 6 heteroatoms. The highest BCUT2D eigenvalue weighted by molar-refractivity contribution is 5.66. The molecule has 0 aromatic heterocycles. The molecule has 3 N–H and O–H groups in total. The number of carbonyl (C=O) groups is 1. The highest BCUT2D eigenvalue weighted by Gasteiger charge is 2.36. The molecule has 1 amide bonds. The van der Waals surface area contributed by atoms with E-state index in [9.17, 15) is 19.4 Å². The van der Waals surface area contributed by atoms with Crippen molar-refractivity contribution >= 4 is 6.09 Å². The minimum Gasteiger partial charge on any atom is -0.508 e. The smallest absolute Gasteiger partial charge is 0.407 e. The molecule has 0 bridgehead atoms. The van der Waals surface area contributed by atoms with Crippen LogP contribution >= 0.6 is 0 Å². The summed E-state index contributed by atoms with van der Waals surface area (Å²) in [6.45, 7) is -0.0318. The molecule has 1 aromatic carbocycles. The van der Waals surface area contributed by atoms with E-state index in [4.69, 9.17) is 5.11 Å². The maximum absolute atomic E-state index is 13.1. The van der Waals surface area contributed by atoms with Gasteiger partial charge in [0.2, 0.25) is 0 Å². The Morgan fingerprint density at radius 2 is 2.18 bits per heavy atom. The summed E-state index contributed by atoms with van der Waals surface area (Å²) in [5, 5.41) is 28.0. The summed E-state index contributed by atoms with van der Waals surface area (Å²) in [4.78, 5) is 12.0. The fourth-order valence-corrected chi connectivity index (χ4v) is 2.11. The molecule has 0 aliphatic carbocycles. The Kier molecular flexibility index (Phi) is 2.89. The van der Waals surface area contributed by atoms with Crippen molar-refractivity contribution in [3.63, 3.8) is 0 Å². The van der Waals surface area contributed by atoms with E-state index in [1.165, 1.54) is 6.07 Å². The highest BCUT2D eigenvalue weighted by atomic mass is 19.1. The van der Waals surface area contributed by atoms with Gasteiger partial charge in [0.15, 0.2) is 0 Å². The quantitative estimate of drug-likeness (QED) is 0.692. The molecule has 1 saturated heterocycles. The number of phenolic OH excluding ortho intramolecular Hbond substituents is 1. The van der Waals surface area contributed by atoms with Crippen molar-refractivity contribution in [1.29, 1.82) is 0 Å². The first kappa shape index (κ1) is 11.7.